The average molecular weight is 313 g/mol. The lowest BCUT2D eigenvalue weighted by Gasteiger charge is -2.31. The summed E-state index contributed by atoms with van der Waals surface area (Å²) in [5, 5.41) is 7.71. The molecule has 0 saturated carbocycles. The van der Waals surface area contributed by atoms with Crippen molar-refractivity contribution in [2.75, 3.05) is 19.6 Å². The van der Waals surface area contributed by atoms with Gasteiger partial charge in [-0.3, -0.25) is 9.58 Å². The molecule has 20 heavy (non-hydrogen) atoms. The first-order valence-electron chi connectivity index (χ1n) is 6.74. The van der Waals surface area contributed by atoms with E-state index in [-0.39, 0.29) is 12.4 Å². The summed E-state index contributed by atoms with van der Waals surface area (Å²) in [6.07, 6.45) is 4.00. The predicted molar refractivity (Wildman–Crippen MR) is 86.5 cm³/mol. The largest absolute Gasteiger partial charge is 0.312 e. The number of nitrogens with zero attached hydrogens (tertiary/aromatic N) is 3. The molecular formula is C14H21ClN4S. The average Bonchev–Trinajstić information content (AvgIpc) is 2.98. The van der Waals surface area contributed by atoms with Gasteiger partial charge in [-0.15, -0.1) is 23.7 Å². The van der Waals surface area contributed by atoms with Gasteiger partial charge in [0.25, 0.3) is 0 Å². The van der Waals surface area contributed by atoms with Crippen LogP contribution in [-0.4, -0.2) is 40.4 Å². The molecule has 1 atom stereocenters. The highest BCUT2D eigenvalue weighted by atomic mass is 35.5. The third kappa shape index (κ3) is 3.61. The highest BCUT2D eigenvalue weighted by molar-refractivity contribution is 7.15. The lowest BCUT2D eigenvalue weighted by molar-refractivity contribution is 0.201. The fraction of sp³-hybridized carbons (Fsp3) is 0.500. The Morgan fingerprint density at radius 3 is 3.00 bits per heavy atom. The second-order valence-corrected chi connectivity index (χ2v) is 6.43. The van der Waals surface area contributed by atoms with Crippen LogP contribution in [0.5, 0.6) is 0 Å². The van der Waals surface area contributed by atoms with Gasteiger partial charge in [-0.2, -0.15) is 5.10 Å². The van der Waals surface area contributed by atoms with E-state index >= 15 is 0 Å². The second-order valence-electron chi connectivity index (χ2n) is 5.26. The van der Waals surface area contributed by atoms with E-state index in [0.717, 1.165) is 26.2 Å². The highest BCUT2D eigenvalue weighted by Crippen LogP contribution is 2.28. The molecule has 1 fully saturated rings. The Kier molecular flexibility index (Phi) is 5.21. The minimum absolute atomic E-state index is 0. The molecule has 4 nitrogen and oxygen atoms in total. The summed E-state index contributed by atoms with van der Waals surface area (Å²) in [5.41, 5.74) is 1.22. The van der Waals surface area contributed by atoms with Gasteiger partial charge >= 0.3 is 0 Å². The lowest BCUT2D eigenvalue weighted by atomic mass is 10.2. The monoisotopic (exact) mass is 312 g/mol. The molecule has 110 valence electrons. The standard InChI is InChI=1S/C14H20N4S.ClH/c1-11-8-18(6-5-15-11)10-13-3-4-14(19-13)12-7-16-17(2)9-12;/h3-4,7,9,11,15H,5-6,8,10H2,1-2H3;1H/t11-;/m0./s1. The van der Waals surface area contributed by atoms with Crippen LogP contribution in [0.3, 0.4) is 0 Å². The molecule has 2 aromatic heterocycles. The zero-order valence-electron chi connectivity index (χ0n) is 11.9. The first kappa shape index (κ1) is 15.5. The maximum absolute atomic E-state index is 4.23. The van der Waals surface area contributed by atoms with E-state index in [1.807, 2.05) is 29.3 Å². The van der Waals surface area contributed by atoms with Gasteiger partial charge in [-0.1, -0.05) is 0 Å². The van der Waals surface area contributed by atoms with Crippen LogP contribution in [0.2, 0.25) is 0 Å². The zero-order valence-corrected chi connectivity index (χ0v) is 13.5. The number of hydrogen-bond acceptors (Lipinski definition) is 4. The Balaban J connectivity index is 0.00000147. The fourth-order valence-corrected chi connectivity index (χ4v) is 3.57. The van der Waals surface area contributed by atoms with Crippen molar-refractivity contribution < 1.29 is 0 Å². The summed E-state index contributed by atoms with van der Waals surface area (Å²) in [6.45, 7) is 6.70. The van der Waals surface area contributed by atoms with Gasteiger partial charge in [0.2, 0.25) is 0 Å². The molecule has 3 heterocycles. The van der Waals surface area contributed by atoms with Crippen molar-refractivity contribution in [2.45, 2.75) is 19.5 Å². The number of aromatic nitrogens is 2. The third-order valence-corrected chi connectivity index (χ3v) is 4.60. The highest BCUT2D eigenvalue weighted by Gasteiger charge is 2.16. The van der Waals surface area contributed by atoms with Crippen molar-refractivity contribution in [3.8, 4) is 10.4 Å². The summed E-state index contributed by atoms with van der Waals surface area (Å²) in [6, 6.07) is 5.06. The molecular weight excluding hydrogens is 292 g/mol. The van der Waals surface area contributed by atoms with Gasteiger partial charge in [0.05, 0.1) is 6.20 Å². The Bertz CT molecular complexity index is 551. The molecule has 6 heteroatoms. The third-order valence-electron chi connectivity index (χ3n) is 3.48. The van der Waals surface area contributed by atoms with E-state index in [2.05, 4.69) is 40.6 Å². The maximum atomic E-state index is 4.23. The van der Waals surface area contributed by atoms with Crippen LogP contribution in [0, 0.1) is 0 Å². The molecule has 1 aliphatic rings. The minimum atomic E-state index is 0. The van der Waals surface area contributed by atoms with Crippen LogP contribution >= 0.6 is 23.7 Å². The van der Waals surface area contributed by atoms with Crippen molar-refractivity contribution >= 4 is 23.7 Å². The van der Waals surface area contributed by atoms with Crippen LogP contribution in [0.1, 0.15) is 11.8 Å². The topological polar surface area (TPSA) is 33.1 Å². The first-order chi connectivity index (χ1) is 9.20. The van der Waals surface area contributed by atoms with Gasteiger partial charge in [-0.25, -0.2) is 0 Å². The summed E-state index contributed by atoms with van der Waals surface area (Å²) in [4.78, 5) is 5.28. The minimum Gasteiger partial charge on any atom is -0.312 e. The van der Waals surface area contributed by atoms with Crippen LogP contribution < -0.4 is 5.32 Å². The van der Waals surface area contributed by atoms with Crippen molar-refractivity contribution in [3.63, 3.8) is 0 Å². The number of nitrogens with one attached hydrogen (secondary N) is 1. The van der Waals surface area contributed by atoms with Crippen LogP contribution in [0.4, 0.5) is 0 Å². The van der Waals surface area contributed by atoms with E-state index in [4.69, 9.17) is 0 Å². The Hall–Kier alpha value is -0.880. The maximum Gasteiger partial charge on any atom is 0.0576 e. The molecule has 3 rings (SSSR count). The quantitative estimate of drug-likeness (QED) is 0.944. The number of rotatable bonds is 3. The molecule has 0 aromatic carbocycles. The first-order valence-corrected chi connectivity index (χ1v) is 7.56. The SMILES string of the molecule is C[C@H]1CN(Cc2ccc(-c3cnn(C)c3)s2)CCN1.Cl. The fourth-order valence-electron chi connectivity index (χ4n) is 2.54. The molecule has 0 aliphatic carbocycles. The van der Waals surface area contributed by atoms with E-state index in [1.165, 1.54) is 15.3 Å². The Morgan fingerprint density at radius 1 is 1.45 bits per heavy atom. The summed E-state index contributed by atoms with van der Waals surface area (Å²) in [5.74, 6) is 0. The van der Waals surface area contributed by atoms with Crippen molar-refractivity contribution in [1.82, 2.24) is 20.0 Å². The molecule has 0 unspecified atom stereocenters. The number of aryl methyl sites for hydroxylation is 1. The van der Waals surface area contributed by atoms with Gasteiger partial charge in [0.15, 0.2) is 0 Å². The number of thiophene rings is 1. The van der Waals surface area contributed by atoms with Crippen LogP contribution in [0.25, 0.3) is 10.4 Å². The van der Waals surface area contributed by atoms with Gasteiger partial charge in [0.1, 0.15) is 0 Å². The van der Waals surface area contributed by atoms with E-state index in [9.17, 15) is 0 Å². The molecule has 1 aliphatic heterocycles. The normalized spacial score (nSPS) is 19.8. The van der Waals surface area contributed by atoms with Crippen LogP contribution in [0.15, 0.2) is 24.5 Å². The van der Waals surface area contributed by atoms with Gasteiger partial charge in [0, 0.05) is 60.8 Å². The second kappa shape index (κ2) is 6.72. The molecule has 0 radical (unpaired) electrons. The van der Waals surface area contributed by atoms with E-state index in [1.54, 1.807) is 0 Å². The van der Waals surface area contributed by atoms with E-state index < -0.39 is 0 Å². The molecule has 1 saturated heterocycles. The van der Waals surface area contributed by atoms with Crippen molar-refractivity contribution in [2.24, 2.45) is 7.05 Å². The van der Waals surface area contributed by atoms with E-state index in [0.29, 0.717) is 6.04 Å². The number of hydrogen-bond donors (Lipinski definition) is 1. The zero-order chi connectivity index (χ0) is 13.2. The smallest absolute Gasteiger partial charge is 0.0576 e. The number of piperazine rings is 1. The predicted octanol–water partition coefficient (Wildman–Crippen LogP) is 2.36. The van der Waals surface area contributed by atoms with Crippen molar-refractivity contribution in [3.05, 3.63) is 29.4 Å². The summed E-state index contributed by atoms with van der Waals surface area (Å²) >= 11 is 1.88. The Morgan fingerprint density at radius 2 is 2.30 bits per heavy atom. The van der Waals surface area contributed by atoms with Gasteiger partial charge < -0.3 is 5.32 Å². The number of halogens is 1. The molecule has 0 bridgehead atoms. The molecule has 2 aromatic rings. The molecule has 1 N–H and O–H groups in total. The Labute approximate surface area is 130 Å². The molecule has 0 spiro atoms. The van der Waals surface area contributed by atoms with Crippen molar-refractivity contribution in [1.29, 1.82) is 0 Å². The summed E-state index contributed by atoms with van der Waals surface area (Å²) < 4.78 is 1.85. The van der Waals surface area contributed by atoms with Gasteiger partial charge in [-0.05, 0) is 19.1 Å². The lowest BCUT2D eigenvalue weighted by Crippen LogP contribution is -2.48. The molecule has 0 amide bonds. The summed E-state index contributed by atoms with van der Waals surface area (Å²) in [7, 11) is 1.96. The van der Waals surface area contributed by atoms with Crippen LogP contribution in [-0.2, 0) is 13.6 Å².